The van der Waals surface area contributed by atoms with E-state index >= 15 is 0 Å². The van der Waals surface area contributed by atoms with Crippen LogP contribution in [-0.4, -0.2) is 35.8 Å². The highest BCUT2D eigenvalue weighted by atomic mass is 16.7. The molecule has 6 nitrogen and oxygen atoms in total. The van der Waals surface area contributed by atoms with Crippen molar-refractivity contribution in [3.8, 4) is 5.75 Å². The third kappa shape index (κ3) is 2.81. The van der Waals surface area contributed by atoms with Crippen molar-refractivity contribution in [1.82, 2.24) is 9.88 Å². The topological polar surface area (TPSA) is 60.9 Å². The van der Waals surface area contributed by atoms with Crippen LogP contribution in [0.1, 0.15) is 44.0 Å². The number of hydrogen-bond donors (Lipinski definition) is 0. The first-order valence-electron chi connectivity index (χ1n) is 10.4. The first-order valence-corrected chi connectivity index (χ1v) is 10.4. The zero-order chi connectivity index (χ0) is 20.1. The number of carbonyl (C=O) groups is 1. The number of allylic oxidation sites excluding steroid dienone is 1. The van der Waals surface area contributed by atoms with Gasteiger partial charge in [0.2, 0.25) is 12.2 Å². The van der Waals surface area contributed by atoms with Gasteiger partial charge in [-0.25, -0.2) is 0 Å². The number of fused-ring (bicyclic) bond motifs is 5. The Morgan fingerprint density at radius 1 is 1.28 bits per heavy atom. The van der Waals surface area contributed by atoms with Crippen LogP contribution in [0.5, 0.6) is 5.75 Å². The van der Waals surface area contributed by atoms with Crippen molar-refractivity contribution in [2.24, 2.45) is 11.8 Å². The number of hydrogen-bond acceptors (Lipinski definition) is 5. The van der Waals surface area contributed by atoms with Gasteiger partial charge in [0.05, 0.1) is 30.6 Å². The largest absolute Gasteiger partial charge is 0.497 e. The maximum atomic E-state index is 13.5. The summed E-state index contributed by atoms with van der Waals surface area (Å²) in [5.74, 6) is 0.781. The maximum Gasteiger partial charge on any atom is 0.233 e. The monoisotopic (exact) mass is 394 g/mol. The molecule has 6 heteroatoms. The Hall–Kier alpha value is -2.60. The highest BCUT2D eigenvalue weighted by Crippen LogP contribution is 2.49. The fourth-order valence-corrected chi connectivity index (χ4v) is 5.09. The normalized spacial score (nSPS) is 27.8. The van der Waals surface area contributed by atoms with E-state index in [1.54, 1.807) is 7.11 Å². The van der Waals surface area contributed by atoms with E-state index in [0.29, 0.717) is 13.2 Å². The molecule has 152 valence electrons. The molecule has 4 atom stereocenters. The van der Waals surface area contributed by atoms with Crippen LogP contribution in [0.2, 0.25) is 0 Å². The van der Waals surface area contributed by atoms with Gasteiger partial charge in [0, 0.05) is 24.5 Å². The highest BCUT2D eigenvalue weighted by Gasteiger charge is 2.52. The molecule has 1 aromatic heterocycles. The second-order valence-electron chi connectivity index (χ2n) is 7.95. The second-order valence-corrected chi connectivity index (χ2v) is 7.95. The standard InChI is InChI=1S/C23H26N2O4/c1-4-13-12-29-23(28-5-2)20-17(13)10-19-21-15(11-25(19)22(20)26)8-14-9-16(27-3)6-7-18(14)24-21/h6-9,12,17,19-20,23H,4-5,10-11H2,1-3H3/t17-,19+,20+,23-/m1/s1. The van der Waals surface area contributed by atoms with Crippen LogP contribution in [0.25, 0.3) is 10.9 Å². The zero-order valence-corrected chi connectivity index (χ0v) is 17.1. The number of aromatic nitrogens is 1. The molecule has 4 heterocycles. The van der Waals surface area contributed by atoms with Crippen molar-refractivity contribution >= 4 is 16.8 Å². The van der Waals surface area contributed by atoms with Gasteiger partial charge in [-0.3, -0.25) is 9.78 Å². The van der Waals surface area contributed by atoms with Crippen molar-refractivity contribution in [1.29, 1.82) is 0 Å². The third-order valence-corrected chi connectivity index (χ3v) is 6.51. The Balaban J connectivity index is 1.55. The first kappa shape index (κ1) is 18.4. The summed E-state index contributed by atoms with van der Waals surface area (Å²) in [5, 5.41) is 1.04. The lowest BCUT2D eigenvalue weighted by Crippen LogP contribution is -2.52. The van der Waals surface area contributed by atoms with Gasteiger partial charge >= 0.3 is 0 Å². The van der Waals surface area contributed by atoms with Crippen LogP contribution in [0, 0.1) is 11.8 Å². The Morgan fingerprint density at radius 3 is 2.90 bits per heavy atom. The summed E-state index contributed by atoms with van der Waals surface area (Å²) in [5.41, 5.74) is 4.28. The lowest BCUT2D eigenvalue weighted by atomic mass is 9.75. The van der Waals surface area contributed by atoms with Gasteiger partial charge in [-0.05, 0) is 55.2 Å². The lowest BCUT2D eigenvalue weighted by molar-refractivity contribution is -0.188. The minimum atomic E-state index is -0.506. The zero-order valence-electron chi connectivity index (χ0n) is 17.1. The van der Waals surface area contributed by atoms with E-state index in [1.165, 1.54) is 5.57 Å². The van der Waals surface area contributed by atoms with Gasteiger partial charge in [-0.1, -0.05) is 6.92 Å². The molecule has 0 N–H and O–H groups in total. The molecule has 0 bridgehead atoms. The van der Waals surface area contributed by atoms with Gasteiger partial charge in [0.15, 0.2) is 0 Å². The van der Waals surface area contributed by atoms with Crippen LogP contribution < -0.4 is 4.74 Å². The van der Waals surface area contributed by atoms with Gasteiger partial charge in [-0.15, -0.1) is 0 Å². The fourth-order valence-electron chi connectivity index (χ4n) is 5.09. The van der Waals surface area contributed by atoms with E-state index in [1.807, 2.05) is 36.3 Å². The summed E-state index contributed by atoms with van der Waals surface area (Å²) in [6.07, 6.45) is 3.05. The maximum absolute atomic E-state index is 13.5. The number of benzene rings is 1. The molecule has 2 aromatic rings. The summed E-state index contributed by atoms with van der Waals surface area (Å²) in [6, 6.07) is 8.09. The third-order valence-electron chi connectivity index (χ3n) is 6.51. The molecule has 1 fully saturated rings. The van der Waals surface area contributed by atoms with Crippen molar-refractivity contribution in [2.75, 3.05) is 13.7 Å². The summed E-state index contributed by atoms with van der Waals surface area (Å²) >= 11 is 0. The first-order chi connectivity index (χ1) is 14.1. The lowest BCUT2D eigenvalue weighted by Gasteiger charge is -2.45. The molecule has 0 unspecified atom stereocenters. The van der Waals surface area contributed by atoms with Crippen LogP contribution in [-0.2, 0) is 20.8 Å². The quantitative estimate of drug-likeness (QED) is 0.786. The van der Waals surface area contributed by atoms with Crippen molar-refractivity contribution in [2.45, 2.75) is 45.6 Å². The SMILES string of the molecule is CCO[C@@H]1OC=C(CC)[C@H]2C[C@H]3c4nc5ccc(OC)cc5cc4CN3C(=O)[C@@H]12. The average molecular weight is 394 g/mol. The Kier molecular flexibility index (Phi) is 4.46. The molecule has 1 aromatic carbocycles. The number of ether oxygens (including phenoxy) is 3. The molecule has 3 aliphatic heterocycles. The summed E-state index contributed by atoms with van der Waals surface area (Å²) in [6.45, 7) is 5.16. The smallest absolute Gasteiger partial charge is 0.233 e. The number of pyridine rings is 1. The molecule has 1 amide bonds. The Bertz CT molecular complexity index is 1000. The Morgan fingerprint density at radius 2 is 2.14 bits per heavy atom. The molecule has 29 heavy (non-hydrogen) atoms. The molecule has 0 saturated carbocycles. The molecular formula is C23H26N2O4. The van der Waals surface area contributed by atoms with Crippen molar-refractivity contribution in [3.63, 3.8) is 0 Å². The Labute approximate surface area is 170 Å². The van der Waals surface area contributed by atoms with Crippen LogP contribution in [0.15, 0.2) is 36.1 Å². The van der Waals surface area contributed by atoms with E-state index in [-0.39, 0.29) is 23.8 Å². The van der Waals surface area contributed by atoms with Gasteiger partial charge in [0.1, 0.15) is 11.7 Å². The highest BCUT2D eigenvalue weighted by molar-refractivity contribution is 5.85. The van der Waals surface area contributed by atoms with E-state index < -0.39 is 6.29 Å². The van der Waals surface area contributed by atoms with Crippen LogP contribution in [0.4, 0.5) is 0 Å². The molecule has 3 aliphatic rings. The molecule has 1 saturated heterocycles. The van der Waals surface area contributed by atoms with Crippen molar-refractivity contribution in [3.05, 3.63) is 47.4 Å². The number of carbonyl (C=O) groups excluding carboxylic acids is 1. The molecule has 0 aliphatic carbocycles. The van der Waals surface area contributed by atoms with E-state index in [2.05, 4.69) is 13.0 Å². The predicted molar refractivity (Wildman–Crippen MR) is 108 cm³/mol. The fraction of sp³-hybridized carbons (Fsp3) is 0.478. The predicted octanol–water partition coefficient (Wildman–Crippen LogP) is 3.95. The number of nitrogens with zero attached hydrogens (tertiary/aromatic N) is 2. The molecule has 0 radical (unpaired) electrons. The van der Waals surface area contributed by atoms with Crippen molar-refractivity contribution < 1.29 is 19.0 Å². The molecular weight excluding hydrogens is 368 g/mol. The van der Waals surface area contributed by atoms with E-state index in [4.69, 9.17) is 19.2 Å². The van der Waals surface area contributed by atoms with E-state index in [0.717, 1.165) is 40.8 Å². The number of rotatable bonds is 4. The summed E-state index contributed by atoms with van der Waals surface area (Å²) in [7, 11) is 1.67. The van der Waals surface area contributed by atoms with Crippen LogP contribution in [0.3, 0.4) is 0 Å². The number of methoxy groups -OCH3 is 1. The number of amides is 1. The second kappa shape index (κ2) is 7.02. The minimum Gasteiger partial charge on any atom is -0.497 e. The summed E-state index contributed by atoms with van der Waals surface area (Å²) < 4.78 is 17.0. The number of piperidine rings is 1. The van der Waals surface area contributed by atoms with E-state index in [9.17, 15) is 4.79 Å². The van der Waals surface area contributed by atoms with Gasteiger partial charge < -0.3 is 19.1 Å². The van der Waals surface area contributed by atoms with Gasteiger partial charge in [0.25, 0.3) is 0 Å². The van der Waals surface area contributed by atoms with Gasteiger partial charge in [-0.2, -0.15) is 0 Å². The molecule has 0 spiro atoms. The average Bonchev–Trinajstić information content (AvgIpc) is 3.10. The molecule has 5 rings (SSSR count). The minimum absolute atomic E-state index is 0.0144. The van der Waals surface area contributed by atoms with Crippen LogP contribution >= 0.6 is 0 Å². The summed E-state index contributed by atoms with van der Waals surface area (Å²) in [4.78, 5) is 20.5.